The molecule has 0 bridgehead atoms. The van der Waals surface area contributed by atoms with Crippen LogP contribution in [-0.2, 0) is 11.2 Å². The van der Waals surface area contributed by atoms with Gasteiger partial charge in [-0.25, -0.2) is 0 Å². The number of amides is 1. The number of nitrogens with one attached hydrogen (secondary N) is 1. The Labute approximate surface area is 237 Å². The predicted molar refractivity (Wildman–Crippen MR) is 161 cm³/mol. The molecule has 0 radical (unpaired) electrons. The Bertz CT molecular complexity index is 1760. The molecule has 0 aliphatic rings. The molecular formula is C34H26N4O3. The van der Waals surface area contributed by atoms with Crippen molar-refractivity contribution >= 4 is 23.4 Å². The molecule has 0 saturated heterocycles. The molecule has 0 fully saturated rings. The summed E-state index contributed by atoms with van der Waals surface area (Å²) in [6.45, 7) is 2.06. The molecule has 5 aromatic rings. The third kappa shape index (κ3) is 5.82. The van der Waals surface area contributed by atoms with Crippen LogP contribution in [0.25, 0.3) is 34.3 Å². The highest BCUT2D eigenvalue weighted by Crippen LogP contribution is 2.37. The SMILES string of the molecule is CCc1ccc(NC(=O)C(C#N)=Cc2cc(-c3ccccc3)n(-c3ccc([N+](=O)[O-])cc3)c2-c2ccccc2)cc1. The van der Waals surface area contributed by atoms with E-state index in [-0.39, 0.29) is 11.3 Å². The molecule has 1 heterocycles. The highest BCUT2D eigenvalue weighted by Gasteiger charge is 2.21. The molecular weight excluding hydrogens is 512 g/mol. The molecule has 1 amide bonds. The molecule has 4 aromatic carbocycles. The highest BCUT2D eigenvalue weighted by molar-refractivity contribution is 6.10. The fourth-order valence-electron chi connectivity index (χ4n) is 4.67. The van der Waals surface area contributed by atoms with Crippen molar-refractivity contribution in [1.29, 1.82) is 5.26 Å². The largest absolute Gasteiger partial charge is 0.321 e. The fraction of sp³-hybridized carbons (Fsp3) is 0.0588. The quantitative estimate of drug-likeness (QED) is 0.0941. The van der Waals surface area contributed by atoms with Crippen LogP contribution in [0.15, 0.2) is 121 Å². The van der Waals surface area contributed by atoms with E-state index in [0.29, 0.717) is 16.9 Å². The zero-order valence-electron chi connectivity index (χ0n) is 22.3. The number of rotatable bonds is 8. The fourth-order valence-corrected chi connectivity index (χ4v) is 4.67. The average molecular weight is 539 g/mol. The van der Waals surface area contributed by atoms with Crippen LogP contribution in [0.5, 0.6) is 0 Å². The summed E-state index contributed by atoms with van der Waals surface area (Å²) >= 11 is 0. The molecule has 200 valence electrons. The monoisotopic (exact) mass is 538 g/mol. The first kappa shape index (κ1) is 26.9. The molecule has 7 nitrogen and oxygen atoms in total. The zero-order valence-corrected chi connectivity index (χ0v) is 22.3. The molecule has 1 aromatic heterocycles. The maximum Gasteiger partial charge on any atom is 0.269 e. The molecule has 0 spiro atoms. The Morgan fingerprint density at radius 2 is 1.51 bits per heavy atom. The summed E-state index contributed by atoms with van der Waals surface area (Å²) in [4.78, 5) is 24.1. The Morgan fingerprint density at radius 3 is 2.07 bits per heavy atom. The number of hydrogen-bond donors (Lipinski definition) is 1. The van der Waals surface area contributed by atoms with Crippen LogP contribution in [-0.4, -0.2) is 15.4 Å². The lowest BCUT2D eigenvalue weighted by atomic mass is 10.0. The van der Waals surface area contributed by atoms with E-state index >= 15 is 0 Å². The summed E-state index contributed by atoms with van der Waals surface area (Å²) < 4.78 is 2.00. The van der Waals surface area contributed by atoms with E-state index < -0.39 is 10.8 Å². The summed E-state index contributed by atoms with van der Waals surface area (Å²) in [7, 11) is 0. The second-order valence-electron chi connectivity index (χ2n) is 9.35. The number of aryl methyl sites for hydroxylation is 1. The Hall–Kier alpha value is -5.74. The Morgan fingerprint density at radius 1 is 0.902 bits per heavy atom. The lowest BCUT2D eigenvalue weighted by molar-refractivity contribution is -0.384. The first-order chi connectivity index (χ1) is 20.0. The van der Waals surface area contributed by atoms with Crippen LogP contribution in [0.2, 0.25) is 0 Å². The third-order valence-electron chi connectivity index (χ3n) is 6.75. The van der Waals surface area contributed by atoms with Crippen molar-refractivity contribution < 1.29 is 9.72 Å². The van der Waals surface area contributed by atoms with Crippen molar-refractivity contribution in [1.82, 2.24) is 4.57 Å². The number of nitro groups is 1. The van der Waals surface area contributed by atoms with Gasteiger partial charge in [0.05, 0.1) is 16.3 Å². The first-order valence-electron chi connectivity index (χ1n) is 13.1. The number of benzene rings is 4. The van der Waals surface area contributed by atoms with Gasteiger partial charge in [-0.3, -0.25) is 14.9 Å². The van der Waals surface area contributed by atoms with Gasteiger partial charge in [0, 0.05) is 29.1 Å². The third-order valence-corrected chi connectivity index (χ3v) is 6.75. The summed E-state index contributed by atoms with van der Waals surface area (Å²) in [6, 6.07) is 37.2. The predicted octanol–water partition coefficient (Wildman–Crippen LogP) is 7.83. The molecule has 41 heavy (non-hydrogen) atoms. The summed E-state index contributed by atoms with van der Waals surface area (Å²) in [5, 5.41) is 24.2. The maximum absolute atomic E-state index is 13.2. The molecule has 0 unspecified atom stereocenters. The van der Waals surface area contributed by atoms with E-state index in [1.54, 1.807) is 18.2 Å². The minimum Gasteiger partial charge on any atom is -0.321 e. The maximum atomic E-state index is 13.2. The molecule has 1 N–H and O–H groups in total. The van der Waals surface area contributed by atoms with E-state index in [1.165, 1.54) is 12.1 Å². The first-order valence-corrected chi connectivity index (χ1v) is 13.1. The number of nitriles is 1. The minimum atomic E-state index is -0.514. The van der Waals surface area contributed by atoms with Crippen molar-refractivity contribution in [3.05, 3.63) is 142 Å². The molecule has 0 saturated carbocycles. The summed E-state index contributed by atoms with van der Waals surface area (Å²) in [5.74, 6) is -0.514. The van der Waals surface area contributed by atoms with E-state index in [0.717, 1.165) is 34.5 Å². The van der Waals surface area contributed by atoms with E-state index in [4.69, 9.17) is 0 Å². The lowest BCUT2D eigenvalue weighted by Crippen LogP contribution is -2.13. The standard InChI is InChI=1S/C34H26N4O3/c1-2-24-13-15-29(16-14-24)36-34(39)28(23-35)21-27-22-32(25-9-5-3-6-10-25)37(33(27)26-11-7-4-8-12-26)30-17-19-31(20-18-30)38(40)41/h3-22H,2H2,1H3,(H,36,39). The van der Waals surface area contributed by atoms with Crippen molar-refractivity contribution in [2.45, 2.75) is 13.3 Å². The van der Waals surface area contributed by atoms with Crippen LogP contribution in [0.4, 0.5) is 11.4 Å². The molecule has 0 atom stereocenters. The van der Waals surface area contributed by atoms with E-state index in [1.807, 2.05) is 95.6 Å². The van der Waals surface area contributed by atoms with Gasteiger partial charge in [0.1, 0.15) is 11.6 Å². The average Bonchev–Trinajstić information content (AvgIpc) is 3.40. The van der Waals surface area contributed by atoms with Gasteiger partial charge in [-0.1, -0.05) is 79.7 Å². The summed E-state index contributed by atoms with van der Waals surface area (Å²) in [5.41, 5.74) is 6.34. The second-order valence-corrected chi connectivity index (χ2v) is 9.35. The van der Waals surface area contributed by atoms with Crippen molar-refractivity contribution in [2.75, 3.05) is 5.32 Å². The van der Waals surface area contributed by atoms with Gasteiger partial charge < -0.3 is 9.88 Å². The van der Waals surface area contributed by atoms with Crippen molar-refractivity contribution in [2.24, 2.45) is 0 Å². The van der Waals surface area contributed by atoms with Gasteiger partial charge in [-0.2, -0.15) is 5.26 Å². The topological polar surface area (TPSA) is 101 Å². The molecule has 0 aliphatic carbocycles. The second kappa shape index (κ2) is 12.0. The smallest absolute Gasteiger partial charge is 0.269 e. The van der Waals surface area contributed by atoms with Gasteiger partial charge in [-0.15, -0.1) is 0 Å². The van der Waals surface area contributed by atoms with Gasteiger partial charge in [0.15, 0.2) is 0 Å². The highest BCUT2D eigenvalue weighted by atomic mass is 16.6. The summed E-state index contributed by atoms with van der Waals surface area (Å²) in [6.07, 6.45) is 2.47. The van der Waals surface area contributed by atoms with E-state index in [2.05, 4.69) is 18.3 Å². The normalized spacial score (nSPS) is 11.1. The Balaban J connectivity index is 1.69. The van der Waals surface area contributed by atoms with Crippen LogP contribution < -0.4 is 5.32 Å². The number of non-ortho nitro benzene ring substituents is 1. The van der Waals surface area contributed by atoms with Crippen molar-refractivity contribution in [3.8, 4) is 34.3 Å². The van der Waals surface area contributed by atoms with Crippen LogP contribution in [0.3, 0.4) is 0 Å². The van der Waals surface area contributed by atoms with Gasteiger partial charge in [0.2, 0.25) is 0 Å². The number of anilines is 1. The lowest BCUT2D eigenvalue weighted by Gasteiger charge is -2.15. The van der Waals surface area contributed by atoms with Gasteiger partial charge in [0.25, 0.3) is 11.6 Å². The zero-order chi connectivity index (χ0) is 28.8. The van der Waals surface area contributed by atoms with Crippen LogP contribution >= 0.6 is 0 Å². The molecule has 7 heteroatoms. The molecule has 0 aliphatic heterocycles. The van der Waals surface area contributed by atoms with E-state index in [9.17, 15) is 20.2 Å². The number of nitro benzene ring substituents is 1. The van der Waals surface area contributed by atoms with Crippen LogP contribution in [0, 0.1) is 21.4 Å². The van der Waals surface area contributed by atoms with Crippen LogP contribution in [0.1, 0.15) is 18.1 Å². The Kier molecular flexibility index (Phi) is 7.84. The number of nitrogens with zero attached hydrogens (tertiary/aromatic N) is 3. The van der Waals surface area contributed by atoms with Gasteiger partial charge in [-0.05, 0) is 59.5 Å². The van der Waals surface area contributed by atoms with Gasteiger partial charge >= 0.3 is 0 Å². The number of carbonyl (C=O) groups is 1. The molecule has 5 rings (SSSR count). The number of carbonyl (C=O) groups excluding carboxylic acids is 1. The number of hydrogen-bond acceptors (Lipinski definition) is 4. The van der Waals surface area contributed by atoms with Crippen molar-refractivity contribution in [3.63, 3.8) is 0 Å². The minimum absolute atomic E-state index is 0.0149. The number of aromatic nitrogens is 1.